The van der Waals surface area contributed by atoms with Gasteiger partial charge in [-0.1, -0.05) is 18.2 Å². The van der Waals surface area contributed by atoms with Gasteiger partial charge in [0.05, 0.1) is 31.5 Å². The van der Waals surface area contributed by atoms with Crippen LogP contribution in [0.1, 0.15) is 19.4 Å². The van der Waals surface area contributed by atoms with Gasteiger partial charge in [0.15, 0.2) is 5.52 Å². The lowest BCUT2D eigenvalue weighted by Crippen LogP contribution is -2.37. The molecule has 9 nitrogen and oxygen atoms in total. The SMILES string of the molecule is COc1cccc(-c2nc3ccc(-c4cc(CN5CCOCC5)ccc4F)nc3c(=O)n2CC(=O)NC(C)C)c1. The minimum atomic E-state index is -0.492. The predicted octanol–water partition coefficient (Wildman–Crippen LogP) is 3.63. The van der Waals surface area contributed by atoms with Crippen LogP contribution in [0.15, 0.2) is 59.4 Å². The molecule has 0 bridgehead atoms. The first-order valence-corrected chi connectivity index (χ1v) is 13.3. The fraction of sp³-hybridized carbons (Fsp3) is 0.333. The highest BCUT2D eigenvalue weighted by atomic mass is 19.1. The third-order valence-corrected chi connectivity index (χ3v) is 6.70. The summed E-state index contributed by atoms with van der Waals surface area (Å²) in [5.74, 6) is 0.130. The number of nitrogens with one attached hydrogen (secondary N) is 1. The molecule has 0 aliphatic carbocycles. The quantitative estimate of drug-likeness (QED) is 0.361. The molecule has 1 aliphatic heterocycles. The molecule has 0 spiro atoms. The molecule has 10 heteroatoms. The van der Waals surface area contributed by atoms with Crippen LogP contribution in [-0.2, 0) is 22.6 Å². The minimum Gasteiger partial charge on any atom is -0.497 e. The number of pyridine rings is 1. The fourth-order valence-electron chi connectivity index (χ4n) is 4.77. The number of fused-ring (bicyclic) bond motifs is 1. The van der Waals surface area contributed by atoms with E-state index in [2.05, 4.69) is 15.2 Å². The molecular weight excluding hydrogens is 513 g/mol. The molecule has 40 heavy (non-hydrogen) atoms. The van der Waals surface area contributed by atoms with E-state index in [0.717, 1.165) is 18.7 Å². The molecule has 1 N–H and O–H groups in total. The molecule has 208 valence electrons. The Hall–Kier alpha value is -4.15. The normalized spacial score (nSPS) is 14.0. The Morgan fingerprint density at radius 2 is 1.90 bits per heavy atom. The molecule has 2 aromatic heterocycles. The van der Waals surface area contributed by atoms with Crippen LogP contribution in [0.4, 0.5) is 4.39 Å². The average Bonchev–Trinajstić information content (AvgIpc) is 2.95. The van der Waals surface area contributed by atoms with E-state index in [9.17, 15) is 9.59 Å². The Kier molecular flexibility index (Phi) is 8.18. The lowest BCUT2D eigenvalue weighted by atomic mass is 10.1. The summed E-state index contributed by atoms with van der Waals surface area (Å²) in [6, 6.07) is 15.3. The zero-order valence-corrected chi connectivity index (χ0v) is 22.8. The first-order valence-electron chi connectivity index (χ1n) is 13.3. The van der Waals surface area contributed by atoms with Crippen LogP contribution in [0.25, 0.3) is 33.7 Å². The van der Waals surface area contributed by atoms with Gasteiger partial charge in [0.1, 0.15) is 23.9 Å². The number of hydrogen-bond acceptors (Lipinski definition) is 7. The first-order chi connectivity index (χ1) is 19.3. The van der Waals surface area contributed by atoms with Crippen LogP contribution >= 0.6 is 0 Å². The zero-order valence-electron chi connectivity index (χ0n) is 22.8. The Bertz CT molecular complexity index is 1600. The number of nitrogens with zero attached hydrogens (tertiary/aromatic N) is 4. The summed E-state index contributed by atoms with van der Waals surface area (Å²) < 4.78 is 27.1. The molecular formula is C30H32FN5O4. The number of carbonyl (C=O) groups is 1. The van der Waals surface area contributed by atoms with E-state index in [-0.39, 0.29) is 24.0 Å². The second-order valence-corrected chi connectivity index (χ2v) is 10.0. The topological polar surface area (TPSA) is 98.6 Å². The number of amides is 1. The summed E-state index contributed by atoms with van der Waals surface area (Å²) in [5.41, 5.74) is 2.08. The molecule has 5 rings (SSSR count). The second kappa shape index (κ2) is 11.9. The Morgan fingerprint density at radius 1 is 1.10 bits per heavy atom. The summed E-state index contributed by atoms with van der Waals surface area (Å²) in [4.78, 5) is 38.1. The van der Waals surface area contributed by atoms with Gasteiger partial charge >= 0.3 is 0 Å². The molecule has 0 atom stereocenters. The monoisotopic (exact) mass is 545 g/mol. The van der Waals surface area contributed by atoms with Gasteiger partial charge < -0.3 is 14.8 Å². The Morgan fingerprint density at radius 3 is 2.65 bits per heavy atom. The number of carbonyl (C=O) groups excluding carboxylic acids is 1. The van der Waals surface area contributed by atoms with Gasteiger partial charge in [-0.3, -0.25) is 19.1 Å². The smallest absolute Gasteiger partial charge is 0.280 e. The van der Waals surface area contributed by atoms with E-state index in [0.29, 0.717) is 53.7 Å². The van der Waals surface area contributed by atoms with Crippen LogP contribution in [0.5, 0.6) is 5.75 Å². The molecule has 0 saturated carbocycles. The number of rotatable bonds is 8. The maximum atomic E-state index is 15.0. The van der Waals surface area contributed by atoms with Crippen LogP contribution in [0, 0.1) is 5.82 Å². The van der Waals surface area contributed by atoms with E-state index in [1.54, 1.807) is 55.6 Å². The number of hydrogen-bond donors (Lipinski definition) is 1. The van der Waals surface area contributed by atoms with Gasteiger partial charge in [-0.25, -0.2) is 14.4 Å². The summed E-state index contributed by atoms with van der Waals surface area (Å²) in [6.45, 7) is 7.07. The predicted molar refractivity (Wildman–Crippen MR) is 151 cm³/mol. The molecule has 0 radical (unpaired) electrons. The van der Waals surface area contributed by atoms with Gasteiger partial charge in [0.25, 0.3) is 5.56 Å². The van der Waals surface area contributed by atoms with Crippen molar-refractivity contribution in [2.24, 2.45) is 0 Å². The number of ether oxygens (including phenoxy) is 2. The van der Waals surface area contributed by atoms with Gasteiger partial charge in [-0.05, 0) is 55.8 Å². The van der Waals surface area contributed by atoms with E-state index < -0.39 is 11.4 Å². The van der Waals surface area contributed by atoms with Crippen molar-refractivity contribution in [3.05, 3.63) is 76.3 Å². The highest BCUT2D eigenvalue weighted by Crippen LogP contribution is 2.27. The van der Waals surface area contributed by atoms with Crippen molar-refractivity contribution in [3.8, 4) is 28.4 Å². The van der Waals surface area contributed by atoms with Gasteiger partial charge in [0.2, 0.25) is 5.91 Å². The van der Waals surface area contributed by atoms with Gasteiger partial charge in [0, 0.05) is 36.8 Å². The third-order valence-electron chi connectivity index (χ3n) is 6.70. The largest absolute Gasteiger partial charge is 0.497 e. The van der Waals surface area contributed by atoms with E-state index in [1.165, 1.54) is 10.6 Å². The van der Waals surface area contributed by atoms with Crippen LogP contribution in [0.2, 0.25) is 0 Å². The molecule has 1 amide bonds. The van der Waals surface area contributed by atoms with Crippen molar-refractivity contribution in [2.75, 3.05) is 33.4 Å². The van der Waals surface area contributed by atoms with Crippen LogP contribution < -0.4 is 15.6 Å². The highest BCUT2D eigenvalue weighted by Gasteiger charge is 2.19. The highest BCUT2D eigenvalue weighted by molar-refractivity contribution is 5.81. The van der Waals surface area contributed by atoms with Crippen molar-refractivity contribution in [2.45, 2.75) is 33.0 Å². The maximum Gasteiger partial charge on any atom is 0.280 e. The van der Waals surface area contributed by atoms with E-state index in [4.69, 9.17) is 14.5 Å². The Labute approximate surface area is 231 Å². The lowest BCUT2D eigenvalue weighted by Gasteiger charge is -2.26. The third kappa shape index (κ3) is 6.03. The number of benzene rings is 2. The van der Waals surface area contributed by atoms with Crippen LogP contribution in [0.3, 0.4) is 0 Å². The molecule has 1 saturated heterocycles. The summed E-state index contributed by atoms with van der Waals surface area (Å²) in [7, 11) is 1.55. The number of halogens is 1. The number of aromatic nitrogens is 3. The fourth-order valence-corrected chi connectivity index (χ4v) is 4.77. The standard InChI is InChI=1S/C30H32FN5O4/c1-19(2)32-27(37)18-36-29(21-5-4-6-22(16-21)39-3)34-26-10-9-25(33-28(26)30(36)38)23-15-20(7-8-24(23)31)17-35-11-13-40-14-12-35/h4-10,15-16,19H,11-14,17-18H2,1-3H3,(H,32,37). The Balaban J connectivity index is 1.59. The maximum absolute atomic E-state index is 15.0. The summed E-state index contributed by atoms with van der Waals surface area (Å²) >= 11 is 0. The summed E-state index contributed by atoms with van der Waals surface area (Å²) in [6.07, 6.45) is 0. The first kappa shape index (κ1) is 27.4. The molecule has 1 fully saturated rings. The molecule has 4 aromatic rings. The molecule has 2 aromatic carbocycles. The molecule has 1 aliphatic rings. The van der Waals surface area contributed by atoms with Gasteiger partial charge in [-0.2, -0.15) is 0 Å². The van der Waals surface area contributed by atoms with Gasteiger partial charge in [-0.15, -0.1) is 0 Å². The van der Waals surface area contributed by atoms with Crippen molar-refractivity contribution >= 4 is 16.9 Å². The molecule has 0 unspecified atom stereocenters. The van der Waals surface area contributed by atoms with E-state index in [1.807, 2.05) is 13.8 Å². The van der Waals surface area contributed by atoms with Crippen molar-refractivity contribution < 1.29 is 18.7 Å². The average molecular weight is 546 g/mol. The van der Waals surface area contributed by atoms with E-state index >= 15 is 4.39 Å². The second-order valence-electron chi connectivity index (χ2n) is 10.0. The zero-order chi connectivity index (χ0) is 28.2. The minimum absolute atomic E-state index is 0.0551. The molecule has 3 heterocycles. The van der Waals surface area contributed by atoms with Crippen molar-refractivity contribution in [1.82, 2.24) is 24.8 Å². The number of morpholine rings is 1. The van der Waals surface area contributed by atoms with Crippen molar-refractivity contribution in [1.29, 1.82) is 0 Å². The van der Waals surface area contributed by atoms with Crippen molar-refractivity contribution in [3.63, 3.8) is 0 Å². The number of methoxy groups -OCH3 is 1. The lowest BCUT2D eigenvalue weighted by molar-refractivity contribution is -0.122. The van der Waals surface area contributed by atoms with Crippen LogP contribution in [-0.4, -0.2) is 64.8 Å². The summed E-state index contributed by atoms with van der Waals surface area (Å²) in [5, 5.41) is 2.82.